The van der Waals surface area contributed by atoms with E-state index < -0.39 is 11.8 Å². The quantitative estimate of drug-likeness (QED) is 0.0499. The summed E-state index contributed by atoms with van der Waals surface area (Å²) in [7, 11) is 0. The van der Waals surface area contributed by atoms with Crippen LogP contribution in [0.5, 0.6) is 11.5 Å². The Morgan fingerprint density at radius 3 is 1.68 bits per heavy atom. The first-order valence-electron chi connectivity index (χ1n) is 13.4. The Morgan fingerprint density at radius 1 is 0.682 bits per heavy atom. The lowest BCUT2D eigenvalue weighted by atomic mass is 10.3. The summed E-state index contributed by atoms with van der Waals surface area (Å²) in [6.45, 7) is 5.37. The molecule has 0 radical (unpaired) electrons. The molecule has 12 heteroatoms. The molecule has 44 heavy (non-hydrogen) atoms. The van der Waals surface area contributed by atoms with E-state index in [9.17, 15) is 14.0 Å². The van der Waals surface area contributed by atoms with Crippen LogP contribution in [0.25, 0.3) is 0 Å². The third kappa shape index (κ3) is 9.87. The molecule has 0 atom stereocenters. The van der Waals surface area contributed by atoms with Gasteiger partial charge in [0.25, 0.3) is 0 Å². The molecule has 0 aliphatic rings. The molecule has 0 fully saturated rings. The summed E-state index contributed by atoms with van der Waals surface area (Å²) in [6, 6.07) is 24.4. The van der Waals surface area contributed by atoms with Gasteiger partial charge in [-0.15, -0.1) is 5.11 Å². The molecule has 0 heterocycles. The van der Waals surface area contributed by atoms with Gasteiger partial charge in [0.2, 0.25) is 0 Å². The second kappa shape index (κ2) is 15.9. The Kier molecular flexibility index (Phi) is 11.2. The largest absolute Gasteiger partial charge is 0.490 e. The van der Waals surface area contributed by atoms with E-state index in [4.69, 9.17) is 14.2 Å². The molecule has 0 unspecified atom stereocenters. The van der Waals surface area contributed by atoms with Crippen molar-refractivity contribution in [1.82, 2.24) is 0 Å². The number of azo groups is 3. The molecule has 0 aliphatic carbocycles. The van der Waals surface area contributed by atoms with E-state index >= 15 is 0 Å². The highest BCUT2D eigenvalue weighted by molar-refractivity contribution is 5.81. The molecule has 4 rings (SSSR count). The average molecular weight is 595 g/mol. The number of nitrogens with zero attached hydrogens (tertiary/aromatic N) is 6. The number of halogens is 1. The van der Waals surface area contributed by atoms with Crippen LogP contribution in [-0.4, -0.2) is 25.2 Å². The van der Waals surface area contributed by atoms with Crippen LogP contribution >= 0.6 is 0 Å². The van der Waals surface area contributed by atoms with Crippen molar-refractivity contribution in [2.75, 3.05) is 13.2 Å². The highest BCUT2D eigenvalue weighted by atomic mass is 19.1. The zero-order valence-electron chi connectivity index (χ0n) is 23.7. The van der Waals surface area contributed by atoms with Gasteiger partial charge in [-0.1, -0.05) is 13.5 Å². The summed E-state index contributed by atoms with van der Waals surface area (Å²) >= 11 is 0. The van der Waals surface area contributed by atoms with E-state index in [1.54, 1.807) is 85.8 Å². The van der Waals surface area contributed by atoms with E-state index in [0.29, 0.717) is 39.9 Å². The number of ether oxygens (including phenoxy) is 3. The van der Waals surface area contributed by atoms with Gasteiger partial charge in [-0.3, -0.25) is 4.79 Å². The third-order valence-corrected chi connectivity index (χ3v) is 5.57. The third-order valence-electron chi connectivity index (χ3n) is 5.57. The van der Waals surface area contributed by atoms with Crippen molar-refractivity contribution >= 4 is 46.1 Å². The Labute approximate surface area is 252 Å². The van der Waals surface area contributed by atoms with Crippen LogP contribution in [0.15, 0.2) is 134 Å². The molecular weight excluding hydrogens is 567 g/mol. The first-order valence-corrected chi connectivity index (χ1v) is 13.4. The molecule has 0 saturated carbocycles. The van der Waals surface area contributed by atoms with Crippen LogP contribution in [-0.2, 0) is 14.3 Å². The Morgan fingerprint density at radius 2 is 1.16 bits per heavy atom. The smallest absolute Gasteiger partial charge is 0.330 e. The lowest BCUT2D eigenvalue weighted by molar-refractivity contribution is -0.138. The van der Waals surface area contributed by atoms with Gasteiger partial charge in [-0.25, -0.2) is 9.18 Å². The van der Waals surface area contributed by atoms with Crippen LogP contribution in [0.1, 0.15) is 13.3 Å². The van der Waals surface area contributed by atoms with E-state index in [1.807, 2.05) is 0 Å². The standard InChI is InChI=1S/C32H27FN6O5/c1-3-31(40)43-20-19-42-27-14-9-24(10-15-27)35-34-22-5-7-23(8-6-22)37-39-30-18-13-26(21-29(30)33)38-36-25-11-16-28(17-12-25)44-32(41)4-2/h3,5-18,21H,1,4,19-20H2,2H3/b35-34+,38-36+,39-37+. The Balaban J connectivity index is 1.28. The van der Waals surface area contributed by atoms with Gasteiger partial charge in [0.05, 0.1) is 28.4 Å². The van der Waals surface area contributed by atoms with Gasteiger partial charge >= 0.3 is 11.9 Å². The lowest BCUT2D eigenvalue weighted by Gasteiger charge is -2.06. The van der Waals surface area contributed by atoms with Crippen LogP contribution in [0.2, 0.25) is 0 Å². The maximum absolute atomic E-state index is 14.6. The molecule has 0 saturated heterocycles. The molecular formula is C32H27FN6O5. The predicted octanol–water partition coefficient (Wildman–Crippen LogP) is 9.50. The predicted molar refractivity (Wildman–Crippen MR) is 161 cm³/mol. The highest BCUT2D eigenvalue weighted by Crippen LogP contribution is 2.28. The van der Waals surface area contributed by atoms with Crippen molar-refractivity contribution in [3.8, 4) is 11.5 Å². The second-order valence-corrected chi connectivity index (χ2v) is 8.79. The summed E-state index contributed by atoms with van der Waals surface area (Å²) in [4.78, 5) is 22.4. The van der Waals surface area contributed by atoms with Crippen LogP contribution in [0, 0.1) is 5.82 Å². The summed E-state index contributed by atoms with van der Waals surface area (Å²) in [5.74, 6) is -0.428. The monoisotopic (exact) mass is 594 g/mol. The van der Waals surface area contributed by atoms with Gasteiger partial charge in [-0.2, -0.15) is 25.6 Å². The summed E-state index contributed by atoms with van der Waals surface area (Å²) in [6.07, 6.45) is 1.37. The normalized spacial score (nSPS) is 11.2. The fraction of sp³-hybridized carbons (Fsp3) is 0.125. The molecule has 0 aromatic heterocycles. The minimum Gasteiger partial charge on any atom is -0.490 e. The van der Waals surface area contributed by atoms with Gasteiger partial charge in [0.1, 0.15) is 30.4 Å². The van der Waals surface area contributed by atoms with E-state index in [0.717, 1.165) is 6.08 Å². The minimum absolute atomic E-state index is 0.0417. The maximum atomic E-state index is 14.6. The molecule has 0 bridgehead atoms. The Bertz CT molecular complexity index is 1670. The van der Waals surface area contributed by atoms with Crippen molar-refractivity contribution in [2.24, 2.45) is 30.7 Å². The Hall–Kier alpha value is -5.91. The van der Waals surface area contributed by atoms with Crippen LogP contribution in [0.4, 0.5) is 38.5 Å². The molecule has 0 N–H and O–H groups in total. The summed E-state index contributed by atoms with van der Waals surface area (Å²) < 4.78 is 30.1. The topological polar surface area (TPSA) is 136 Å². The van der Waals surface area contributed by atoms with Crippen molar-refractivity contribution in [3.63, 3.8) is 0 Å². The number of hydrogen-bond donors (Lipinski definition) is 0. The summed E-state index contributed by atoms with van der Waals surface area (Å²) in [5.41, 5.74) is 2.56. The molecule has 222 valence electrons. The van der Waals surface area contributed by atoms with Crippen molar-refractivity contribution < 1.29 is 28.2 Å². The number of carbonyl (C=O) groups excluding carboxylic acids is 2. The van der Waals surface area contributed by atoms with E-state index in [-0.39, 0.29) is 31.3 Å². The van der Waals surface area contributed by atoms with Gasteiger partial charge in [0.15, 0.2) is 5.82 Å². The molecule has 0 spiro atoms. The SMILES string of the molecule is C=CC(=O)OCCOc1ccc(/N=N/c2ccc(/N=N/c3ccc(/N=N/c4ccc(OC(=O)CC)cc4)cc3F)cc2)cc1. The number of rotatable bonds is 13. The van der Waals surface area contributed by atoms with Crippen LogP contribution in [0.3, 0.4) is 0 Å². The maximum Gasteiger partial charge on any atom is 0.330 e. The van der Waals surface area contributed by atoms with Gasteiger partial charge in [0, 0.05) is 18.6 Å². The van der Waals surface area contributed by atoms with Crippen molar-refractivity contribution in [1.29, 1.82) is 0 Å². The highest BCUT2D eigenvalue weighted by Gasteiger charge is 2.04. The number of carbonyl (C=O) groups is 2. The average Bonchev–Trinajstić information content (AvgIpc) is 3.05. The number of benzene rings is 4. The second-order valence-electron chi connectivity index (χ2n) is 8.79. The fourth-order valence-electron chi connectivity index (χ4n) is 3.32. The molecule has 11 nitrogen and oxygen atoms in total. The summed E-state index contributed by atoms with van der Waals surface area (Å²) in [5, 5.41) is 24.6. The molecule has 4 aromatic rings. The fourth-order valence-corrected chi connectivity index (χ4v) is 3.32. The van der Waals surface area contributed by atoms with Crippen molar-refractivity contribution in [3.05, 3.63) is 109 Å². The van der Waals surface area contributed by atoms with Gasteiger partial charge in [-0.05, 0) is 84.9 Å². The van der Waals surface area contributed by atoms with E-state index in [1.165, 1.54) is 12.1 Å². The minimum atomic E-state index is -0.606. The van der Waals surface area contributed by atoms with E-state index in [2.05, 4.69) is 37.3 Å². The molecule has 0 amide bonds. The first-order chi connectivity index (χ1) is 21.4. The van der Waals surface area contributed by atoms with Gasteiger partial charge < -0.3 is 14.2 Å². The number of esters is 2. The molecule has 0 aliphatic heterocycles. The molecule has 4 aromatic carbocycles. The van der Waals surface area contributed by atoms with Crippen LogP contribution < -0.4 is 9.47 Å². The number of hydrogen-bond acceptors (Lipinski definition) is 11. The first kappa shape index (κ1) is 31.0. The lowest BCUT2D eigenvalue weighted by Crippen LogP contribution is -2.09. The van der Waals surface area contributed by atoms with Crippen molar-refractivity contribution in [2.45, 2.75) is 13.3 Å². The zero-order chi connectivity index (χ0) is 31.1. The zero-order valence-corrected chi connectivity index (χ0v) is 23.7.